The molecule has 0 saturated carbocycles. The van der Waals surface area contributed by atoms with Crippen molar-refractivity contribution >= 4 is 46.7 Å². The van der Waals surface area contributed by atoms with Gasteiger partial charge in [-0.15, -0.1) is 0 Å². The van der Waals surface area contributed by atoms with Crippen LogP contribution in [0.2, 0.25) is 10.0 Å². The Morgan fingerprint density at radius 3 is 2.38 bits per heavy atom. The number of halogens is 2. The molecule has 5 aromatic rings. The Kier molecular flexibility index (Phi) is 7.53. The zero-order valence-electron chi connectivity index (χ0n) is 20.3. The molecule has 0 radical (unpaired) electrons. The fourth-order valence-corrected chi connectivity index (χ4v) is 4.42. The number of pyridine rings is 2. The summed E-state index contributed by atoms with van der Waals surface area (Å²) in [6.45, 7) is 0.224. The van der Waals surface area contributed by atoms with Crippen LogP contribution >= 0.6 is 23.2 Å². The highest BCUT2D eigenvalue weighted by atomic mass is 35.5. The molecule has 9 nitrogen and oxygen atoms in total. The number of amides is 2. The maximum absolute atomic E-state index is 13.4. The zero-order valence-corrected chi connectivity index (χ0v) is 21.8. The summed E-state index contributed by atoms with van der Waals surface area (Å²) in [6.07, 6.45) is 3.20. The zero-order chi connectivity index (χ0) is 27.4. The van der Waals surface area contributed by atoms with Crippen LogP contribution in [0.1, 0.15) is 26.4 Å². The molecule has 4 N–H and O–H groups in total. The molecule has 3 heterocycles. The van der Waals surface area contributed by atoms with Crippen LogP contribution in [0.3, 0.4) is 0 Å². The highest BCUT2D eigenvalue weighted by Crippen LogP contribution is 2.32. The van der Waals surface area contributed by atoms with Gasteiger partial charge in [-0.2, -0.15) is 5.10 Å². The van der Waals surface area contributed by atoms with Gasteiger partial charge in [0.25, 0.3) is 11.8 Å². The van der Waals surface area contributed by atoms with Gasteiger partial charge in [-0.1, -0.05) is 47.5 Å². The number of nitrogens with two attached hydrogens (primary N) is 1. The summed E-state index contributed by atoms with van der Waals surface area (Å²) in [5, 5.41) is 10.6. The van der Waals surface area contributed by atoms with Crippen molar-refractivity contribution in [2.24, 2.45) is 0 Å². The molecule has 11 heteroatoms. The van der Waals surface area contributed by atoms with Crippen molar-refractivity contribution in [3.8, 4) is 16.9 Å². The van der Waals surface area contributed by atoms with Crippen molar-refractivity contribution in [2.75, 3.05) is 11.1 Å². The summed E-state index contributed by atoms with van der Waals surface area (Å²) in [5.74, 6) is -0.315. The summed E-state index contributed by atoms with van der Waals surface area (Å²) in [7, 11) is 0. The molecule has 0 spiro atoms. The van der Waals surface area contributed by atoms with E-state index < -0.39 is 11.8 Å². The smallest absolute Gasteiger partial charge is 0.272 e. The Labute approximate surface area is 233 Å². The van der Waals surface area contributed by atoms with Gasteiger partial charge in [0.15, 0.2) is 5.69 Å². The number of carbonyl (C=O) groups is 2. The number of hydrogen-bond acceptors (Lipinski definition) is 6. The van der Waals surface area contributed by atoms with Gasteiger partial charge in [-0.3, -0.25) is 14.6 Å². The summed E-state index contributed by atoms with van der Waals surface area (Å²) in [6, 6.07) is 22.5. The molecule has 2 amide bonds. The molecule has 0 aliphatic rings. The highest BCUT2D eigenvalue weighted by Gasteiger charge is 2.21. The van der Waals surface area contributed by atoms with Crippen molar-refractivity contribution in [1.29, 1.82) is 0 Å². The van der Waals surface area contributed by atoms with Crippen LogP contribution in [0.4, 0.5) is 11.6 Å². The van der Waals surface area contributed by atoms with Gasteiger partial charge < -0.3 is 16.4 Å². The fourth-order valence-electron chi connectivity index (χ4n) is 3.85. The number of rotatable bonds is 7. The van der Waals surface area contributed by atoms with E-state index in [9.17, 15) is 9.59 Å². The second kappa shape index (κ2) is 11.3. The van der Waals surface area contributed by atoms with E-state index in [0.29, 0.717) is 27.8 Å². The molecule has 3 aromatic heterocycles. The van der Waals surface area contributed by atoms with Crippen LogP contribution in [0.15, 0.2) is 91.3 Å². The minimum Gasteiger partial charge on any atom is -0.384 e. The molecule has 0 saturated heterocycles. The van der Waals surface area contributed by atoms with E-state index in [1.807, 2.05) is 24.3 Å². The lowest BCUT2D eigenvalue weighted by Gasteiger charge is -2.12. The van der Waals surface area contributed by atoms with E-state index in [2.05, 4.69) is 25.7 Å². The molecule has 0 bridgehead atoms. The predicted molar refractivity (Wildman–Crippen MR) is 151 cm³/mol. The fraction of sp³-hybridized carbons (Fsp3) is 0.0357. The lowest BCUT2D eigenvalue weighted by molar-refractivity contribution is 0.0944. The van der Waals surface area contributed by atoms with Gasteiger partial charge in [0.2, 0.25) is 0 Å². The second-order valence-corrected chi connectivity index (χ2v) is 9.23. The molecule has 194 valence electrons. The SMILES string of the molecule is Nc1cc(CNC(=O)c2cc(NC(=O)c3cc(-c4ccccn4)c(Cl)cc3Cl)n(-c3ccccc3)n2)ccn1. The number of anilines is 2. The first-order chi connectivity index (χ1) is 18.9. The van der Waals surface area contributed by atoms with Crippen molar-refractivity contribution in [3.05, 3.63) is 118 Å². The lowest BCUT2D eigenvalue weighted by atomic mass is 10.1. The van der Waals surface area contributed by atoms with Crippen molar-refractivity contribution < 1.29 is 9.59 Å². The van der Waals surface area contributed by atoms with Crippen LogP contribution in [0, 0.1) is 0 Å². The van der Waals surface area contributed by atoms with Gasteiger partial charge in [0.1, 0.15) is 11.6 Å². The topological polar surface area (TPSA) is 128 Å². The molecule has 0 aliphatic carbocycles. The molecule has 39 heavy (non-hydrogen) atoms. The summed E-state index contributed by atoms with van der Waals surface area (Å²) >= 11 is 12.8. The number of nitrogen functional groups attached to an aromatic ring is 1. The third-order valence-corrected chi connectivity index (χ3v) is 6.35. The maximum atomic E-state index is 13.4. The second-order valence-electron chi connectivity index (χ2n) is 8.41. The lowest BCUT2D eigenvalue weighted by Crippen LogP contribution is -2.23. The van der Waals surface area contributed by atoms with Gasteiger partial charge in [0, 0.05) is 30.6 Å². The maximum Gasteiger partial charge on any atom is 0.272 e. The molecule has 0 atom stereocenters. The predicted octanol–water partition coefficient (Wildman–Crippen LogP) is 5.40. The van der Waals surface area contributed by atoms with Crippen molar-refractivity contribution in [2.45, 2.75) is 6.54 Å². The molecule has 2 aromatic carbocycles. The molecule has 0 aliphatic heterocycles. The quantitative estimate of drug-likeness (QED) is 0.246. The first-order valence-electron chi connectivity index (χ1n) is 11.7. The van der Waals surface area contributed by atoms with E-state index in [-0.39, 0.29) is 28.6 Å². The number of benzene rings is 2. The van der Waals surface area contributed by atoms with Crippen molar-refractivity contribution in [3.63, 3.8) is 0 Å². The van der Waals surface area contributed by atoms with Crippen LogP contribution < -0.4 is 16.4 Å². The number of para-hydroxylation sites is 1. The highest BCUT2D eigenvalue weighted by molar-refractivity contribution is 6.38. The van der Waals surface area contributed by atoms with Gasteiger partial charge in [0.05, 0.1) is 27.0 Å². The number of carbonyl (C=O) groups excluding carboxylic acids is 2. The summed E-state index contributed by atoms with van der Waals surface area (Å²) in [5.41, 5.74) is 8.59. The summed E-state index contributed by atoms with van der Waals surface area (Å²) < 4.78 is 1.47. The van der Waals surface area contributed by atoms with Crippen LogP contribution in [-0.4, -0.2) is 31.6 Å². The van der Waals surface area contributed by atoms with Crippen LogP contribution in [0.5, 0.6) is 0 Å². The monoisotopic (exact) mass is 557 g/mol. The molecule has 0 fully saturated rings. The Hall–Kier alpha value is -4.73. The van der Waals surface area contributed by atoms with Crippen molar-refractivity contribution in [1.82, 2.24) is 25.1 Å². The Morgan fingerprint density at radius 2 is 1.64 bits per heavy atom. The third kappa shape index (κ3) is 5.90. The molecule has 5 rings (SSSR count). The first-order valence-corrected chi connectivity index (χ1v) is 12.5. The molecule has 0 unspecified atom stereocenters. The van der Waals surface area contributed by atoms with E-state index in [1.54, 1.807) is 54.9 Å². The van der Waals surface area contributed by atoms with E-state index in [1.165, 1.54) is 16.8 Å². The number of nitrogens with one attached hydrogen (secondary N) is 2. The van der Waals surface area contributed by atoms with Crippen LogP contribution in [0.25, 0.3) is 16.9 Å². The number of nitrogens with zero attached hydrogens (tertiary/aromatic N) is 4. The minimum absolute atomic E-state index is 0.104. The van der Waals surface area contributed by atoms with Crippen LogP contribution in [-0.2, 0) is 6.54 Å². The average molecular weight is 558 g/mol. The largest absolute Gasteiger partial charge is 0.384 e. The first kappa shape index (κ1) is 25.9. The third-order valence-electron chi connectivity index (χ3n) is 5.73. The van der Waals surface area contributed by atoms with E-state index >= 15 is 0 Å². The van der Waals surface area contributed by atoms with Gasteiger partial charge in [-0.05, 0) is 54.1 Å². The molecular formula is C28H21Cl2N7O2. The average Bonchev–Trinajstić information content (AvgIpc) is 3.36. The molecular weight excluding hydrogens is 537 g/mol. The van der Waals surface area contributed by atoms with Gasteiger partial charge >= 0.3 is 0 Å². The number of hydrogen-bond donors (Lipinski definition) is 3. The van der Waals surface area contributed by atoms with E-state index in [0.717, 1.165) is 5.56 Å². The Bertz CT molecular complexity index is 1660. The number of aromatic nitrogens is 4. The Balaban J connectivity index is 1.44. The summed E-state index contributed by atoms with van der Waals surface area (Å²) in [4.78, 5) is 34.6. The standard InChI is InChI=1S/C28H21Cl2N7O2/c29-21-14-22(30)20(13-19(21)23-8-4-5-10-32-23)27(38)35-26-15-24(36-37(26)18-6-2-1-3-7-18)28(39)34-16-17-9-11-33-25(31)12-17/h1-15H,16H2,(H2,31,33)(H,34,39)(H,35,38). The van der Waals surface area contributed by atoms with E-state index in [4.69, 9.17) is 28.9 Å². The normalized spacial score (nSPS) is 10.7. The van der Waals surface area contributed by atoms with Gasteiger partial charge in [-0.25, -0.2) is 9.67 Å². The minimum atomic E-state index is -0.509. The Morgan fingerprint density at radius 1 is 0.846 bits per heavy atom.